The number of nitrogens with zero attached hydrogens (tertiary/aromatic N) is 1. The van der Waals surface area contributed by atoms with Gasteiger partial charge in [-0.05, 0) is 19.7 Å². The Bertz CT molecular complexity index is 178. The molecule has 0 saturated carbocycles. The number of aliphatic imine (C=N–C) groups is 1. The maximum atomic E-state index is 7.11. The third-order valence-corrected chi connectivity index (χ3v) is 0.940. The Kier molecular flexibility index (Phi) is 4.12. The lowest BCUT2D eigenvalue weighted by Crippen LogP contribution is -1.83. The van der Waals surface area contributed by atoms with Crippen molar-refractivity contribution in [3.05, 3.63) is 24.4 Å². The van der Waals surface area contributed by atoms with Crippen molar-refractivity contribution >= 4 is 12.4 Å². The highest BCUT2D eigenvalue weighted by Crippen LogP contribution is 2.01. The minimum absolute atomic E-state index is 0.490. The van der Waals surface area contributed by atoms with Gasteiger partial charge in [0.05, 0.1) is 0 Å². The van der Waals surface area contributed by atoms with Gasteiger partial charge in [-0.3, -0.25) is 4.99 Å². The molecule has 0 aromatic rings. The average Bonchev–Trinajstić information content (AvgIpc) is 1.86. The van der Waals surface area contributed by atoms with Crippen LogP contribution in [0.3, 0.4) is 0 Å². The van der Waals surface area contributed by atoms with Crippen LogP contribution in [0.5, 0.6) is 0 Å². The first-order valence-corrected chi connectivity index (χ1v) is 3.04. The van der Waals surface area contributed by atoms with E-state index in [1.165, 1.54) is 0 Å². The molecule has 0 aromatic heterocycles. The first-order chi connectivity index (χ1) is 4.70. The highest BCUT2D eigenvalue weighted by atomic mass is 14.7. The Morgan fingerprint density at radius 3 is 2.60 bits per heavy atom. The van der Waals surface area contributed by atoms with Gasteiger partial charge in [-0.1, -0.05) is 6.08 Å². The highest BCUT2D eigenvalue weighted by Gasteiger charge is 1.88. The zero-order valence-electron chi connectivity index (χ0n) is 6.22. The summed E-state index contributed by atoms with van der Waals surface area (Å²) < 4.78 is 0. The fourth-order valence-electron chi connectivity index (χ4n) is 0.567. The molecule has 0 fully saturated rings. The van der Waals surface area contributed by atoms with Gasteiger partial charge in [0.1, 0.15) is 0 Å². The molecule has 0 spiro atoms. The molecule has 0 aliphatic rings. The summed E-state index contributed by atoms with van der Waals surface area (Å²) in [5.74, 6) is 0. The number of rotatable bonds is 4. The molecule has 0 atom stereocenters. The molecule has 54 valence electrons. The quantitative estimate of drug-likeness (QED) is 0.454. The second-order valence-corrected chi connectivity index (χ2v) is 1.97. The van der Waals surface area contributed by atoms with E-state index in [4.69, 9.17) is 5.41 Å². The smallest absolute Gasteiger partial charge is 0.0451 e. The molecular weight excluding hydrogens is 124 g/mol. The van der Waals surface area contributed by atoms with Crippen LogP contribution >= 0.6 is 0 Å². The molecule has 1 N–H and O–H groups in total. The van der Waals surface area contributed by atoms with E-state index in [1.807, 2.05) is 0 Å². The average molecular weight is 136 g/mol. The summed E-state index contributed by atoms with van der Waals surface area (Å²) >= 11 is 0. The van der Waals surface area contributed by atoms with Gasteiger partial charge in [0, 0.05) is 17.8 Å². The molecule has 0 amide bonds. The Balaban J connectivity index is 4.16. The van der Waals surface area contributed by atoms with E-state index in [9.17, 15) is 0 Å². The van der Waals surface area contributed by atoms with Crippen molar-refractivity contribution in [2.45, 2.75) is 13.3 Å². The lowest BCUT2D eigenvalue weighted by atomic mass is 10.2. The molecular formula is C8H12N2. The number of nitrogens with one attached hydrogen (secondary N) is 1. The minimum Gasteiger partial charge on any atom is -0.306 e. The van der Waals surface area contributed by atoms with Crippen LogP contribution in [-0.4, -0.2) is 12.4 Å². The molecule has 0 heterocycles. The van der Waals surface area contributed by atoms with Crippen molar-refractivity contribution < 1.29 is 0 Å². The Hall–Kier alpha value is -1.18. The van der Waals surface area contributed by atoms with Crippen molar-refractivity contribution in [3.8, 4) is 0 Å². The largest absolute Gasteiger partial charge is 0.306 e. The van der Waals surface area contributed by atoms with E-state index in [1.54, 1.807) is 19.1 Å². The molecule has 2 nitrogen and oxygen atoms in total. The Morgan fingerprint density at radius 1 is 1.70 bits per heavy atom. The lowest BCUT2D eigenvalue weighted by molar-refractivity contribution is 1.18. The first-order valence-electron chi connectivity index (χ1n) is 3.04. The van der Waals surface area contributed by atoms with Crippen LogP contribution in [0, 0.1) is 5.41 Å². The van der Waals surface area contributed by atoms with E-state index < -0.39 is 0 Å². The van der Waals surface area contributed by atoms with Crippen LogP contribution in [-0.2, 0) is 0 Å². The topological polar surface area (TPSA) is 36.2 Å². The maximum absolute atomic E-state index is 7.11. The number of allylic oxidation sites excluding steroid dienone is 2. The maximum Gasteiger partial charge on any atom is 0.0451 e. The van der Waals surface area contributed by atoms with Gasteiger partial charge in [-0.15, -0.1) is 6.58 Å². The molecule has 0 rings (SSSR count). The van der Waals surface area contributed by atoms with Crippen molar-refractivity contribution in [1.82, 2.24) is 0 Å². The third kappa shape index (κ3) is 3.78. The summed E-state index contributed by atoms with van der Waals surface area (Å²) in [7, 11) is 0. The molecule has 0 saturated heterocycles. The van der Waals surface area contributed by atoms with E-state index in [0.29, 0.717) is 12.1 Å². The second-order valence-electron chi connectivity index (χ2n) is 1.97. The van der Waals surface area contributed by atoms with Gasteiger partial charge >= 0.3 is 0 Å². The number of hydrogen-bond acceptors (Lipinski definition) is 2. The van der Waals surface area contributed by atoms with Gasteiger partial charge in [-0.25, -0.2) is 0 Å². The molecule has 0 radical (unpaired) electrons. The molecule has 0 aromatic carbocycles. The Labute approximate surface area is 61.5 Å². The molecule has 0 aliphatic carbocycles. The molecule has 0 unspecified atom stereocenters. The molecule has 0 bridgehead atoms. The van der Waals surface area contributed by atoms with Gasteiger partial charge in [0.25, 0.3) is 0 Å². The van der Waals surface area contributed by atoms with Crippen LogP contribution in [0.1, 0.15) is 13.3 Å². The fourth-order valence-corrected chi connectivity index (χ4v) is 0.567. The summed E-state index contributed by atoms with van der Waals surface area (Å²) in [6.07, 6.45) is 4.10. The summed E-state index contributed by atoms with van der Waals surface area (Å²) in [5.41, 5.74) is 1.28. The van der Waals surface area contributed by atoms with Crippen molar-refractivity contribution in [2.75, 3.05) is 0 Å². The zero-order valence-corrected chi connectivity index (χ0v) is 6.22. The van der Waals surface area contributed by atoms with Crippen LogP contribution < -0.4 is 0 Å². The van der Waals surface area contributed by atoms with Crippen LogP contribution in [0.25, 0.3) is 0 Å². The SMILES string of the molecule is C=CC/C(=C\C(C)=N)N=C. The monoisotopic (exact) mass is 136 g/mol. The van der Waals surface area contributed by atoms with E-state index in [2.05, 4.69) is 18.3 Å². The van der Waals surface area contributed by atoms with Crippen LogP contribution in [0.4, 0.5) is 0 Å². The van der Waals surface area contributed by atoms with Crippen molar-refractivity contribution in [3.63, 3.8) is 0 Å². The molecule has 10 heavy (non-hydrogen) atoms. The Morgan fingerprint density at radius 2 is 2.30 bits per heavy atom. The van der Waals surface area contributed by atoms with E-state index in [-0.39, 0.29) is 0 Å². The number of hydrogen-bond donors (Lipinski definition) is 1. The normalized spacial score (nSPS) is 10.7. The predicted molar refractivity (Wildman–Crippen MR) is 45.8 cm³/mol. The van der Waals surface area contributed by atoms with E-state index >= 15 is 0 Å². The second kappa shape index (κ2) is 4.68. The van der Waals surface area contributed by atoms with E-state index in [0.717, 1.165) is 5.70 Å². The molecule has 0 aliphatic heterocycles. The fraction of sp³-hybridized carbons (Fsp3) is 0.250. The third-order valence-electron chi connectivity index (χ3n) is 0.940. The summed E-state index contributed by atoms with van der Waals surface area (Å²) in [6, 6.07) is 0. The van der Waals surface area contributed by atoms with Gasteiger partial charge in [-0.2, -0.15) is 0 Å². The summed E-state index contributed by atoms with van der Waals surface area (Å²) in [4.78, 5) is 3.72. The predicted octanol–water partition coefficient (Wildman–Crippen LogP) is 2.19. The first kappa shape index (κ1) is 8.82. The van der Waals surface area contributed by atoms with Gasteiger partial charge in [0.15, 0.2) is 0 Å². The highest BCUT2D eigenvalue weighted by molar-refractivity contribution is 5.90. The lowest BCUT2D eigenvalue weighted by Gasteiger charge is -1.93. The van der Waals surface area contributed by atoms with Crippen molar-refractivity contribution in [2.24, 2.45) is 4.99 Å². The zero-order chi connectivity index (χ0) is 7.98. The van der Waals surface area contributed by atoms with Crippen LogP contribution in [0.15, 0.2) is 29.4 Å². The van der Waals surface area contributed by atoms with Gasteiger partial charge in [0.2, 0.25) is 0 Å². The van der Waals surface area contributed by atoms with Crippen LogP contribution in [0.2, 0.25) is 0 Å². The van der Waals surface area contributed by atoms with Crippen molar-refractivity contribution in [1.29, 1.82) is 5.41 Å². The standard InChI is InChI=1S/C8H12N2/c1-4-5-8(10-3)6-7(2)9/h4,6,9H,1,3,5H2,2H3/b8-6+,9-7?. The minimum atomic E-state index is 0.490. The molecule has 2 heteroatoms. The summed E-state index contributed by atoms with van der Waals surface area (Å²) in [5, 5.41) is 7.11. The van der Waals surface area contributed by atoms with Gasteiger partial charge < -0.3 is 5.41 Å². The summed E-state index contributed by atoms with van der Waals surface area (Å²) in [6.45, 7) is 8.63.